The largest absolute Gasteiger partial charge is 0.495 e. The maximum Gasteiger partial charge on any atom is 0.332 e. The van der Waals surface area contributed by atoms with Crippen molar-refractivity contribution in [2.75, 3.05) is 18.6 Å². The summed E-state index contributed by atoms with van der Waals surface area (Å²) in [6.07, 6.45) is 0.606. The summed E-state index contributed by atoms with van der Waals surface area (Å²) in [7, 11) is 3.31. The molecule has 32 heavy (non-hydrogen) atoms. The summed E-state index contributed by atoms with van der Waals surface area (Å²) in [6.45, 7) is 3.62. The van der Waals surface area contributed by atoms with Crippen LogP contribution in [0.1, 0.15) is 11.1 Å². The van der Waals surface area contributed by atoms with Crippen LogP contribution in [0.15, 0.2) is 58.1 Å². The molecular weight excluding hydrogens is 406 g/mol. The first kappa shape index (κ1) is 20.1. The molecule has 8 heteroatoms. The van der Waals surface area contributed by atoms with Crippen LogP contribution in [0.4, 0.5) is 11.6 Å². The Balaban J connectivity index is 1.62. The third-order valence-electron chi connectivity index (χ3n) is 6.09. The number of methoxy groups -OCH3 is 1. The third-order valence-corrected chi connectivity index (χ3v) is 6.09. The van der Waals surface area contributed by atoms with Crippen molar-refractivity contribution >= 4 is 22.8 Å². The second-order valence-corrected chi connectivity index (χ2v) is 8.10. The molecule has 0 bridgehead atoms. The molecule has 0 saturated heterocycles. The number of fused-ring (bicyclic) bond motifs is 3. The molecule has 0 fully saturated rings. The number of benzene rings is 2. The van der Waals surface area contributed by atoms with Gasteiger partial charge >= 0.3 is 5.69 Å². The Morgan fingerprint density at radius 1 is 1.06 bits per heavy atom. The molecule has 0 saturated carbocycles. The summed E-state index contributed by atoms with van der Waals surface area (Å²) >= 11 is 0. The highest BCUT2D eigenvalue weighted by molar-refractivity contribution is 5.79. The number of rotatable bonds is 5. The van der Waals surface area contributed by atoms with Crippen molar-refractivity contribution in [2.45, 2.75) is 26.4 Å². The summed E-state index contributed by atoms with van der Waals surface area (Å²) in [6, 6.07) is 15.8. The average Bonchev–Trinajstić information content (AvgIpc) is 3.38. The Morgan fingerprint density at radius 2 is 1.84 bits per heavy atom. The van der Waals surface area contributed by atoms with Crippen molar-refractivity contribution in [3.05, 3.63) is 80.5 Å². The Bertz CT molecular complexity index is 1430. The molecule has 2 aromatic carbocycles. The quantitative estimate of drug-likeness (QED) is 0.486. The fourth-order valence-corrected chi connectivity index (χ4v) is 4.40. The Labute approximate surface area is 184 Å². The summed E-state index contributed by atoms with van der Waals surface area (Å²) in [5.41, 5.74) is 3.30. The second kappa shape index (κ2) is 7.71. The number of nitrogens with zero attached hydrogens (tertiary/aromatic N) is 5. The molecule has 5 rings (SSSR count). The van der Waals surface area contributed by atoms with Crippen LogP contribution >= 0.6 is 0 Å². The Kier molecular flexibility index (Phi) is 4.84. The first-order valence-electron chi connectivity index (χ1n) is 10.7. The summed E-state index contributed by atoms with van der Waals surface area (Å²) < 4.78 is 10.3. The molecule has 2 aromatic heterocycles. The van der Waals surface area contributed by atoms with Gasteiger partial charge in [-0.25, -0.2) is 4.79 Å². The summed E-state index contributed by atoms with van der Waals surface area (Å²) in [4.78, 5) is 33.2. The van der Waals surface area contributed by atoms with E-state index in [1.54, 1.807) is 14.2 Å². The van der Waals surface area contributed by atoms with Crippen molar-refractivity contribution in [1.29, 1.82) is 0 Å². The van der Waals surface area contributed by atoms with Gasteiger partial charge in [0, 0.05) is 26.7 Å². The van der Waals surface area contributed by atoms with E-state index in [1.165, 1.54) is 9.13 Å². The van der Waals surface area contributed by atoms with Gasteiger partial charge < -0.3 is 14.2 Å². The zero-order chi connectivity index (χ0) is 22.4. The van der Waals surface area contributed by atoms with Crippen LogP contribution in [-0.4, -0.2) is 32.3 Å². The standard InChI is InChI=1S/C24H25N5O3/c1-16-9-10-19(32-3)18(15-16)27-13-14-28-20-21(25-23(27)28)26(2)24(31)29(22(20)30)12-11-17-7-5-4-6-8-17/h4-10,15H,11-14H2,1-3H3. The number of hydrogen-bond donors (Lipinski definition) is 0. The topological polar surface area (TPSA) is 74.3 Å². The highest BCUT2D eigenvalue weighted by Gasteiger charge is 2.30. The fourth-order valence-electron chi connectivity index (χ4n) is 4.40. The lowest BCUT2D eigenvalue weighted by Gasteiger charge is -2.19. The number of aromatic nitrogens is 4. The predicted molar refractivity (Wildman–Crippen MR) is 124 cm³/mol. The molecule has 1 aliphatic rings. The van der Waals surface area contributed by atoms with Crippen molar-refractivity contribution < 1.29 is 4.74 Å². The van der Waals surface area contributed by atoms with Gasteiger partial charge in [0.05, 0.1) is 12.8 Å². The van der Waals surface area contributed by atoms with E-state index in [4.69, 9.17) is 9.72 Å². The number of aryl methyl sites for hydroxylation is 3. The van der Waals surface area contributed by atoms with E-state index >= 15 is 0 Å². The third kappa shape index (κ3) is 3.10. The minimum absolute atomic E-state index is 0.296. The van der Waals surface area contributed by atoms with E-state index in [0.717, 1.165) is 22.6 Å². The molecule has 0 amide bonds. The van der Waals surface area contributed by atoms with E-state index in [-0.39, 0.29) is 11.2 Å². The van der Waals surface area contributed by atoms with Crippen molar-refractivity contribution in [3.63, 3.8) is 0 Å². The van der Waals surface area contributed by atoms with Gasteiger partial charge in [-0.2, -0.15) is 4.98 Å². The van der Waals surface area contributed by atoms with E-state index in [9.17, 15) is 9.59 Å². The van der Waals surface area contributed by atoms with Gasteiger partial charge in [0.15, 0.2) is 11.2 Å². The van der Waals surface area contributed by atoms with Gasteiger partial charge in [-0.1, -0.05) is 36.4 Å². The van der Waals surface area contributed by atoms with Gasteiger partial charge in [0.25, 0.3) is 5.56 Å². The Hall–Kier alpha value is -3.81. The molecule has 0 unspecified atom stereocenters. The molecule has 4 aromatic rings. The number of ether oxygens (including phenoxy) is 1. The highest BCUT2D eigenvalue weighted by Crippen LogP contribution is 2.37. The Morgan fingerprint density at radius 3 is 2.59 bits per heavy atom. The van der Waals surface area contributed by atoms with Crippen LogP contribution < -0.4 is 20.9 Å². The van der Waals surface area contributed by atoms with Crippen LogP contribution in [0.2, 0.25) is 0 Å². The molecule has 164 valence electrons. The van der Waals surface area contributed by atoms with Crippen molar-refractivity contribution in [2.24, 2.45) is 7.05 Å². The molecular formula is C24H25N5O3. The lowest BCUT2D eigenvalue weighted by atomic mass is 10.1. The molecule has 3 heterocycles. The molecule has 0 aliphatic carbocycles. The first-order chi connectivity index (χ1) is 15.5. The summed E-state index contributed by atoms with van der Waals surface area (Å²) in [5, 5.41) is 0. The molecule has 0 atom stereocenters. The normalized spacial score (nSPS) is 13.0. The van der Waals surface area contributed by atoms with Gasteiger partial charge in [-0.3, -0.25) is 13.9 Å². The maximum atomic E-state index is 13.4. The van der Waals surface area contributed by atoms with Crippen molar-refractivity contribution in [1.82, 2.24) is 18.7 Å². The van der Waals surface area contributed by atoms with E-state index in [2.05, 4.69) is 0 Å². The highest BCUT2D eigenvalue weighted by atomic mass is 16.5. The molecule has 0 spiro atoms. The van der Waals surface area contributed by atoms with Gasteiger partial charge in [0.2, 0.25) is 5.95 Å². The van der Waals surface area contributed by atoms with E-state index in [0.29, 0.717) is 43.2 Å². The van der Waals surface area contributed by atoms with Crippen molar-refractivity contribution in [3.8, 4) is 5.75 Å². The van der Waals surface area contributed by atoms with Crippen LogP contribution in [0.3, 0.4) is 0 Å². The predicted octanol–water partition coefficient (Wildman–Crippen LogP) is 2.61. The smallest absolute Gasteiger partial charge is 0.332 e. The number of anilines is 2. The zero-order valence-electron chi connectivity index (χ0n) is 18.4. The minimum Gasteiger partial charge on any atom is -0.495 e. The lowest BCUT2D eigenvalue weighted by Crippen LogP contribution is -2.40. The van der Waals surface area contributed by atoms with E-state index in [1.807, 2.05) is 64.9 Å². The molecule has 1 aliphatic heterocycles. The monoisotopic (exact) mass is 431 g/mol. The molecule has 8 nitrogen and oxygen atoms in total. The zero-order valence-corrected chi connectivity index (χ0v) is 18.4. The van der Waals surface area contributed by atoms with Crippen LogP contribution in [0.5, 0.6) is 5.75 Å². The number of imidazole rings is 1. The van der Waals surface area contributed by atoms with Gasteiger partial charge in [0.1, 0.15) is 5.75 Å². The number of hydrogen-bond acceptors (Lipinski definition) is 5. The minimum atomic E-state index is -0.352. The second-order valence-electron chi connectivity index (χ2n) is 8.10. The van der Waals surface area contributed by atoms with Crippen LogP contribution in [0.25, 0.3) is 11.2 Å². The summed E-state index contributed by atoms with van der Waals surface area (Å²) in [5.74, 6) is 1.39. The van der Waals surface area contributed by atoms with Gasteiger partial charge in [-0.05, 0) is 36.6 Å². The average molecular weight is 431 g/mol. The van der Waals surface area contributed by atoms with Crippen LogP contribution in [0, 0.1) is 6.92 Å². The maximum absolute atomic E-state index is 13.4. The fraction of sp³-hybridized carbons (Fsp3) is 0.292. The SMILES string of the molecule is COc1ccc(C)cc1N1CCn2c1nc1c2c(=O)n(CCc2ccccc2)c(=O)n1C. The lowest BCUT2D eigenvalue weighted by molar-refractivity contribution is 0.415. The van der Waals surface area contributed by atoms with Crippen LogP contribution in [-0.2, 0) is 26.6 Å². The molecule has 0 radical (unpaired) electrons. The van der Waals surface area contributed by atoms with Gasteiger partial charge in [-0.15, -0.1) is 0 Å². The first-order valence-corrected chi connectivity index (χ1v) is 10.7. The molecule has 0 N–H and O–H groups in total. The van der Waals surface area contributed by atoms with E-state index < -0.39 is 0 Å².